The highest BCUT2D eigenvalue weighted by Crippen LogP contribution is 2.28. The molecule has 2 fully saturated rings. The van der Waals surface area contributed by atoms with E-state index < -0.39 is 114 Å². The molecule has 0 radical (unpaired) electrons. The van der Waals surface area contributed by atoms with Crippen LogP contribution in [0.3, 0.4) is 0 Å². The third-order valence-electron chi connectivity index (χ3n) is 12.7. The smallest absolute Gasteiger partial charge is 0.327 e. The molecule has 1 aliphatic heterocycles. The fraction of sp³-hybridized carbons (Fsp3) is 0.571. The van der Waals surface area contributed by atoms with E-state index in [1.807, 2.05) is 50.3 Å². The van der Waals surface area contributed by atoms with Crippen LogP contribution in [-0.4, -0.2) is 125 Å². The molecule has 0 bridgehead atoms. The number of methoxy groups -OCH3 is 1. The summed E-state index contributed by atoms with van der Waals surface area (Å²) in [7, 11) is 2.86. The van der Waals surface area contributed by atoms with Crippen LogP contribution in [0.1, 0.15) is 98.5 Å². The Labute approximate surface area is 398 Å². The van der Waals surface area contributed by atoms with Crippen LogP contribution in [-0.2, 0) is 54.3 Å². The van der Waals surface area contributed by atoms with E-state index >= 15 is 0 Å². The lowest BCUT2D eigenvalue weighted by Crippen LogP contribution is -2.59. The van der Waals surface area contributed by atoms with Crippen molar-refractivity contribution >= 4 is 53.3 Å². The Morgan fingerprint density at radius 1 is 0.779 bits per heavy atom. The lowest BCUT2D eigenvalue weighted by molar-refractivity contribution is -0.146. The molecule has 1 aromatic carbocycles. The summed E-state index contributed by atoms with van der Waals surface area (Å²) in [5.74, 6) is -11.5. The van der Waals surface area contributed by atoms with Gasteiger partial charge in [0.05, 0.1) is 24.0 Å². The van der Waals surface area contributed by atoms with Gasteiger partial charge in [-0.25, -0.2) is 9.59 Å². The molecule has 19 nitrogen and oxygen atoms in total. The third-order valence-corrected chi connectivity index (χ3v) is 12.7. The minimum atomic E-state index is -1.81. The molecule has 2 aliphatic rings. The van der Waals surface area contributed by atoms with Crippen molar-refractivity contribution in [2.75, 3.05) is 14.2 Å². The van der Waals surface area contributed by atoms with Crippen molar-refractivity contribution in [3.63, 3.8) is 0 Å². The second kappa shape index (κ2) is 26.8. The van der Waals surface area contributed by atoms with E-state index in [0.29, 0.717) is 6.42 Å². The second-order valence-electron chi connectivity index (χ2n) is 18.1. The van der Waals surface area contributed by atoms with Crippen molar-refractivity contribution < 1.29 is 58.1 Å². The highest BCUT2D eigenvalue weighted by Gasteiger charge is 2.37. The Bertz CT molecular complexity index is 2050. The van der Waals surface area contributed by atoms with Crippen molar-refractivity contribution in [2.24, 2.45) is 23.7 Å². The van der Waals surface area contributed by atoms with E-state index in [2.05, 4.69) is 38.5 Å². The number of carboxylic acids is 2. The molecule has 7 amide bonds. The maximum Gasteiger partial charge on any atom is 0.327 e. The van der Waals surface area contributed by atoms with Crippen LogP contribution in [0.15, 0.2) is 66.4 Å². The summed E-state index contributed by atoms with van der Waals surface area (Å²) in [6.07, 6.45) is 9.25. The molecule has 0 aromatic heterocycles. The highest BCUT2D eigenvalue weighted by atomic mass is 16.5. The number of amides is 7. The number of ether oxygens (including phenoxy) is 1. The minimum absolute atomic E-state index is 0.00703. The number of allylic oxidation sites excluding steroid dienone is 2. The summed E-state index contributed by atoms with van der Waals surface area (Å²) in [4.78, 5) is 121. The van der Waals surface area contributed by atoms with Crippen LogP contribution in [0, 0.1) is 23.7 Å². The number of nitrogens with zero attached hydrogens (tertiary/aromatic N) is 1. The number of benzene rings is 1. The predicted molar refractivity (Wildman–Crippen MR) is 252 cm³/mol. The van der Waals surface area contributed by atoms with Crippen LogP contribution in [0.5, 0.6) is 0 Å². The Morgan fingerprint density at radius 2 is 1.38 bits per heavy atom. The Kier molecular flexibility index (Phi) is 22.1. The molecule has 3 rings (SSSR count). The van der Waals surface area contributed by atoms with E-state index in [1.165, 1.54) is 34.7 Å². The number of likely N-dealkylation sites (N-methyl/N-ethyl adjacent to an activating group) is 1. The summed E-state index contributed by atoms with van der Waals surface area (Å²) < 4.78 is 5.80. The zero-order chi connectivity index (χ0) is 50.8. The number of nitrogens with one attached hydrogen (secondary N) is 6. The fourth-order valence-corrected chi connectivity index (χ4v) is 8.10. The Morgan fingerprint density at radius 3 is 1.99 bits per heavy atom. The van der Waals surface area contributed by atoms with Crippen LogP contribution in [0.4, 0.5) is 0 Å². The number of carbonyl (C=O) groups is 9. The molecular weight excluding hydrogens is 879 g/mol. The standard InChI is InChI=1S/C49H71N7O12/c1-27(24-28(2)39(68-9)26-35-18-14-11-15-19-35)20-21-36-29(3)42(58)53-37(48(64)65)22-23-40(57)56(8)33(7)46(62)51-32(6)45(61)54-38(25-34-16-12-10-13-17-34)47(63)55-41(49(66)67)30(4)43(59)50-31(5)44(60)52-36/h11,14-15,18-21,24,28-32,34,36-39,41H,7,10,12-13,16-17,22-23,25-26H2,1-6,8-9H3,(H,50,59)(H,51,62)(H,52,60)(H,53,58)(H,54,61)(H,55,63)(H,64,65)(H,66,67)/b21-20+,27-24+/t28-,29-,30-,31-,32+,36?,37+,38-,39-,41+/m0/s1. The topological polar surface area (TPSA) is 279 Å². The van der Waals surface area contributed by atoms with Gasteiger partial charge in [0.25, 0.3) is 5.91 Å². The van der Waals surface area contributed by atoms with Gasteiger partial charge in [0.2, 0.25) is 35.4 Å². The quantitative estimate of drug-likeness (QED) is 0.117. The van der Waals surface area contributed by atoms with Crippen LogP contribution < -0.4 is 31.9 Å². The molecule has 1 saturated carbocycles. The van der Waals surface area contributed by atoms with Gasteiger partial charge in [-0.3, -0.25) is 33.6 Å². The second-order valence-corrected chi connectivity index (χ2v) is 18.1. The molecule has 1 aliphatic carbocycles. The van der Waals surface area contributed by atoms with E-state index in [9.17, 15) is 53.4 Å². The van der Waals surface area contributed by atoms with Crippen molar-refractivity contribution in [3.05, 3.63) is 72.0 Å². The largest absolute Gasteiger partial charge is 0.480 e. The van der Waals surface area contributed by atoms with Gasteiger partial charge in [0, 0.05) is 26.5 Å². The number of rotatable bonds is 11. The lowest BCUT2D eigenvalue weighted by atomic mass is 9.84. The van der Waals surface area contributed by atoms with E-state index in [1.54, 1.807) is 19.3 Å². The summed E-state index contributed by atoms with van der Waals surface area (Å²) in [6.45, 7) is 12.9. The van der Waals surface area contributed by atoms with Crippen LogP contribution in [0.25, 0.3) is 0 Å². The molecule has 0 spiro atoms. The van der Waals surface area contributed by atoms with Gasteiger partial charge < -0.3 is 51.8 Å². The Balaban J connectivity index is 2.01. The van der Waals surface area contributed by atoms with Gasteiger partial charge in [-0.15, -0.1) is 0 Å². The van der Waals surface area contributed by atoms with E-state index in [-0.39, 0.29) is 30.1 Å². The molecule has 10 atom stereocenters. The number of hydrogen-bond donors (Lipinski definition) is 8. The van der Waals surface area contributed by atoms with Crippen LogP contribution in [0.2, 0.25) is 0 Å². The van der Waals surface area contributed by atoms with Gasteiger partial charge in [0.15, 0.2) is 0 Å². The minimum Gasteiger partial charge on any atom is -0.480 e. The Hall–Kier alpha value is -6.37. The van der Waals surface area contributed by atoms with E-state index in [0.717, 1.165) is 48.1 Å². The molecular formula is C49H71N7O12. The number of aliphatic carboxylic acids is 2. The number of hydrogen-bond acceptors (Lipinski definition) is 10. The first kappa shape index (κ1) is 56.0. The molecule has 19 heteroatoms. The first-order chi connectivity index (χ1) is 32.0. The fourth-order valence-electron chi connectivity index (χ4n) is 8.10. The van der Waals surface area contributed by atoms with Gasteiger partial charge in [-0.05, 0) is 51.5 Å². The predicted octanol–water partition coefficient (Wildman–Crippen LogP) is 2.51. The lowest BCUT2D eigenvalue weighted by Gasteiger charge is -2.29. The average molecular weight is 950 g/mol. The highest BCUT2D eigenvalue weighted by molar-refractivity contribution is 6.00. The monoisotopic (exact) mass is 950 g/mol. The molecule has 1 unspecified atom stereocenters. The van der Waals surface area contributed by atoms with Crippen molar-refractivity contribution in [2.45, 2.75) is 142 Å². The van der Waals surface area contributed by atoms with Crippen LogP contribution >= 0.6 is 0 Å². The number of carbonyl (C=O) groups excluding carboxylic acids is 7. The van der Waals surface area contributed by atoms with Gasteiger partial charge in [0.1, 0.15) is 35.9 Å². The summed E-state index contributed by atoms with van der Waals surface area (Å²) >= 11 is 0. The maximum atomic E-state index is 13.9. The van der Waals surface area contributed by atoms with Crippen molar-refractivity contribution in [1.29, 1.82) is 0 Å². The average Bonchev–Trinajstić information content (AvgIpc) is 3.30. The maximum absolute atomic E-state index is 13.9. The normalized spacial score (nSPS) is 27.6. The van der Waals surface area contributed by atoms with Gasteiger partial charge >= 0.3 is 11.9 Å². The first-order valence-corrected chi connectivity index (χ1v) is 23.2. The van der Waals surface area contributed by atoms with Gasteiger partial charge in [-0.2, -0.15) is 0 Å². The molecule has 8 N–H and O–H groups in total. The summed E-state index contributed by atoms with van der Waals surface area (Å²) in [6, 6.07) is 1.45. The molecule has 1 saturated heterocycles. The molecule has 1 heterocycles. The van der Waals surface area contributed by atoms with E-state index in [4.69, 9.17) is 4.74 Å². The third kappa shape index (κ3) is 17.1. The molecule has 374 valence electrons. The van der Waals surface area contributed by atoms with Crippen molar-refractivity contribution in [3.8, 4) is 0 Å². The zero-order valence-corrected chi connectivity index (χ0v) is 40.5. The zero-order valence-electron chi connectivity index (χ0n) is 40.5. The summed E-state index contributed by atoms with van der Waals surface area (Å²) in [5.41, 5.74) is 1.44. The summed E-state index contributed by atoms with van der Waals surface area (Å²) in [5, 5.41) is 35.5. The molecule has 68 heavy (non-hydrogen) atoms. The first-order valence-electron chi connectivity index (χ1n) is 23.2. The van der Waals surface area contributed by atoms with Gasteiger partial charge in [-0.1, -0.05) is 114 Å². The van der Waals surface area contributed by atoms with Crippen molar-refractivity contribution in [1.82, 2.24) is 36.8 Å². The SMILES string of the molecule is C=C1C(=O)N[C@H](C)C(=O)N[C@@H](CC2CCCCC2)C(=O)N[C@@H](C(=O)O)[C@H](C)C(=O)N[C@@H](C)C(=O)NC(/C=C/C(C)=C/[C@H](C)[C@H](Cc2ccccc2)OC)[C@H](C)C(=O)N[C@@H](C(=O)O)CCC(=O)N1C. The molecule has 1 aromatic rings. The number of carboxylic acid groups (broad SMARTS) is 2.